The van der Waals surface area contributed by atoms with Crippen molar-refractivity contribution in [3.8, 4) is 45.9 Å². The number of aryl methyl sites for hydroxylation is 2. The number of hydrogen-bond donors (Lipinski definition) is 0. The molecular formula is C57H70. The molecule has 4 aromatic rings. The van der Waals surface area contributed by atoms with Gasteiger partial charge in [-0.15, -0.1) is 0 Å². The van der Waals surface area contributed by atoms with Crippen LogP contribution in [-0.2, 0) is 12.8 Å². The topological polar surface area (TPSA) is 0 Å². The van der Waals surface area contributed by atoms with Crippen LogP contribution < -0.4 is 0 Å². The Labute approximate surface area is 348 Å². The molecule has 0 heterocycles. The highest BCUT2D eigenvalue weighted by atomic mass is 14.2. The molecule has 2 unspecified atom stereocenters. The van der Waals surface area contributed by atoms with Gasteiger partial charge in [-0.3, -0.25) is 0 Å². The molecule has 0 saturated heterocycles. The predicted molar refractivity (Wildman–Crippen MR) is 249 cm³/mol. The van der Waals surface area contributed by atoms with Gasteiger partial charge in [0.15, 0.2) is 0 Å². The van der Waals surface area contributed by atoms with Gasteiger partial charge in [-0.05, 0) is 145 Å². The molecular weight excluding hydrogens is 685 g/mol. The van der Waals surface area contributed by atoms with Crippen molar-refractivity contribution < 1.29 is 0 Å². The molecule has 298 valence electrons. The summed E-state index contributed by atoms with van der Waals surface area (Å²) in [7, 11) is 0. The van der Waals surface area contributed by atoms with Gasteiger partial charge in [-0.2, -0.15) is 0 Å². The molecule has 0 aliphatic heterocycles. The molecule has 57 heavy (non-hydrogen) atoms. The van der Waals surface area contributed by atoms with Crippen LogP contribution in [-0.4, -0.2) is 0 Å². The zero-order valence-corrected chi connectivity index (χ0v) is 36.0. The minimum absolute atomic E-state index is 0.882. The van der Waals surface area contributed by atoms with Crippen molar-refractivity contribution in [3.05, 3.63) is 143 Å². The molecule has 0 aromatic heterocycles. The second-order valence-corrected chi connectivity index (χ2v) is 16.6. The first-order valence-electron chi connectivity index (χ1n) is 22.9. The van der Waals surface area contributed by atoms with Crippen molar-refractivity contribution in [2.45, 2.75) is 150 Å². The molecule has 6 rings (SSSR count). The van der Waals surface area contributed by atoms with E-state index in [1.54, 1.807) is 0 Å². The van der Waals surface area contributed by atoms with Crippen LogP contribution in [0.1, 0.15) is 159 Å². The minimum Gasteiger partial charge on any atom is -0.0726 e. The highest BCUT2D eigenvalue weighted by molar-refractivity contribution is 5.66. The number of rotatable bonds is 15. The Balaban J connectivity index is 0.000000218. The van der Waals surface area contributed by atoms with Crippen molar-refractivity contribution in [2.75, 3.05) is 0 Å². The van der Waals surface area contributed by atoms with E-state index in [1.165, 1.54) is 154 Å². The lowest BCUT2D eigenvalue weighted by molar-refractivity contribution is 0.425. The van der Waals surface area contributed by atoms with Gasteiger partial charge in [-0.1, -0.05) is 194 Å². The summed E-state index contributed by atoms with van der Waals surface area (Å²) in [6.07, 6.45) is 29.0. The summed E-state index contributed by atoms with van der Waals surface area (Å²) in [6.45, 7) is 9.08. The van der Waals surface area contributed by atoms with E-state index in [9.17, 15) is 0 Å². The molecule has 0 nitrogen and oxygen atoms in total. The van der Waals surface area contributed by atoms with E-state index in [1.807, 2.05) is 0 Å². The maximum Gasteiger partial charge on any atom is 0.0249 e. The second-order valence-electron chi connectivity index (χ2n) is 16.6. The smallest absolute Gasteiger partial charge is 0.0249 e. The molecule has 0 fully saturated rings. The molecule has 0 N–H and O–H groups in total. The molecule has 0 heteroatoms. The molecule has 2 aliphatic rings. The first kappa shape index (κ1) is 43.6. The normalized spacial score (nSPS) is 16.1. The van der Waals surface area contributed by atoms with Crippen molar-refractivity contribution >= 4 is 0 Å². The molecule has 4 aromatic carbocycles. The lowest BCUT2D eigenvalue weighted by Crippen LogP contribution is -2.05. The highest BCUT2D eigenvalue weighted by Gasteiger charge is 2.13. The largest absolute Gasteiger partial charge is 0.0726 e. The van der Waals surface area contributed by atoms with Crippen molar-refractivity contribution in [2.24, 2.45) is 11.8 Å². The molecule has 0 amide bonds. The molecule has 0 radical (unpaired) electrons. The van der Waals surface area contributed by atoms with E-state index < -0.39 is 0 Å². The number of benzene rings is 4. The van der Waals surface area contributed by atoms with E-state index in [4.69, 9.17) is 0 Å². The van der Waals surface area contributed by atoms with E-state index in [2.05, 4.69) is 161 Å². The van der Waals surface area contributed by atoms with Crippen molar-refractivity contribution in [3.63, 3.8) is 0 Å². The van der Waals surface area contributed by atoms with E-state index in [0.717, 1.165) is 35.8 Å². The minimum atomic E-state index is 0.882. The van der Waals surface area contributed by atoms with Gasteiger partial charge in [0.05, 0.1) is 0 Å². The summed E-state index contributed by atoms with van der Waals surface area (Å²) in [5.41, 5.74) is 12.9. The van der Waals surface area contributed by atoms with Gasteiger partial charge < -0.3 is 0 Å². The van der Waals surface area contributed by atoms with Crippen LogP contribution in [0.25, 0.3) is 22.3 Å². The van der Waals surface area contributed by atoms with Crippen molar-refractivity contribution in [1.29, 1.82) is 0 Å². The summed E-state index contributed by atoms with van der Waals surface area (Å²) in [5, 5.41) is 0. The lowest BCUT2D eigenvalue weighted by Gasteiger charge is -2.19. The zero-order valence-electron chi connectivity index (χ0n) is 36.0. The Hall–Kier alpha value is -4.52. The Bertz CT molecular complexity index is 1930. The fourth-order valence-electron chi connectivity index (χ4n) is 8.11. The van der Waals surface area contributed by atoms with Crippen LogP contribution in [0.2, 0.25) is 0 Å². The van der Waals surface area contributed by atoms with Crippen LogP contribution in [0.4, 0.5) is 0 Å². The van der Waals surface area contributed by atoms with Crippen LogP contribution in [0.3, 0.4) is 0 Å². The Morgan fingerprint density at radius 1 is 0.404 bits per heavy atom. The number of allylic oxidation sites excluding steroid dienone is 4. The summed E-state index contributed by atoms with van der Waals surface area (Å²) >= 11 is 0. The number of unbranched alkanes of at least 4 members (excludes halogenated alkanes) is 5. The first-order valence-corrected chi connectivity index (χ1v) is 22.9. The van der Waals surface area contributed by atoms with Crippen LogP contribution in [0.15, 0.2) is 120 Å². The Morgan fingerprint density at radius 3 is 1.14 bits per heavy atom. The average Bonchev–Trinajstić information content (AvgIpc) is 3.26. The standard InChI is InChI=1S/C29H36.C28H34/c1-3-5-7-9-25-16-20-28(21-17-25)29-22-18-27(19-23-29)15-14-26-12-10-24(11-13-26)8-6-4-2;1-3-5-6-8-24-15-19-27(20-16-24)28-21-17-26(18-22-28)14-13-25-11-9-23(7-4-2)10-12-25/h12,16-24H,3-11,13H2,1-2H3;11,15-23H,3-10,12H2,1-2H3. The zero-order chi connectivity index (χ0) is 39.9. The van der Waals surface area contributed by atoms with E-state index in [-0.39, 0.29) is 0 Å². The SMILES string of the molecule is CCCCCc1ccc(-c2ccc(C#CC3=CCC(CCC)CC3)cc2)cc1.CCCCCc1ccc(-c2ccc(C#CC3=CCC(CCCC)CC3)cc2)cc1. The van der Waals surface area contributed by atoms with E-state index >= 15 is 0 Å². The highest BCUT2D eigenvalue weighted by Crippen LogP contribution is 2.29. The Kier molecular flexibility index (Phi) is 19.1. The molecule has 0 spiro atoms. The van der Waals surface area contributed by atoms with Gasteiger partial charge in [0.1, 0.15) is 0 Å². The van der Waals surface area contributed by atoms with Gasteiger partial charge in [0.2, 0.25) is 0 Å². The first-order chi connectivity index (χ1) is 28.1. The Morgan fingerprint density at radius 2 is 0.789 bits per heavy atom. The van der Waals surface area contributed by atoms with Crippen LogP contribution in [0, 0.1) is 35.5 Å². The van der Waals surface area contributed by atoms with E-state index in [0.29, 0.717) is 0 Å². The van der Waals surface area contributed by atoms with Crippen LogP contribution in [0.5, 0.6) is 0 Å². The predicted octanol–water partition coefficient (Wildman–Crippen LogP) is 16.3. The fourth-order valence-corrected chi connectivity index (χ4v) is 8.11. The van der Waals surface area contributed by atoms with Gasteiger partial charge in [0.25, 0.3) is 0 Å². The third kappa shape index (κ3) is 15.4. The lowest BCUT2D eigenvalue weighted by atomic mass is 9.86. The molecule has 2 aliphatic carbocycles. The van der Waals surface area contributed by atoms with Gasteiger partial charge in [0, 0.05) is 11.1 Å². The summed E-state index contributed by atoms with van der Waals surface area (Å²) in [6, 6.07) is 35.5. The average molecular weight is 755 g/mol. The van der Waals surface area contributed by atoms with Crippen LogP contribution >= 0.6 is 0 Å². The van der Waals surface area contributed by atoms with Gasteiger partial charge in [-0.25, -0.2) is 0 Å². The maximum absolute atomic E-state index is 3.42. The molecule has 2 atom stereocenters. The molecule has 0 bridgehead atoms. The summed E-state index contributed by atoms with van der Waals surface area (Å²) in [5.74, 6) is 15.3. The van der Waals surface area contributed by atoms with Crippen molar-refractivity contribution in [1.82, 2.24) is 0 Å². The summed E-state index contributed by atoms with van der Waals surface area (Å²) < 4.78 is 0. The number of hydrogen-bond acceptors (Lipinski definition) is 0. The third-order valence-corrected chi connectivity index (χ3v) is 11.9. The quantitative estimate of drug-likeness (QED) is 0.0837. The van der Waals surface area contributed by atoms with Gasteiger partial charge >= 0.3 is 0 Å². The third-order valence-electron chi connectivity index (χ3n) is 11.9. The fraction of sp³-hybridized carbons (Fsp3) is 0.439. The molecule has 0 saturated carbocycles. The summed E-state index contributed by atoms with van der Waals surface area (Å²) in [4.78, 5) is 0. The maximum atomic E-state index is 3.42. The second kappa shape index (κ2) is 25.0. The monoisotopic (exact) mass is 755 g/mol.